The number of nitro benzene ring substituents is 1. The number of hydrogen-bond acceptors (Lipinski definition) is 5. The highest BCUT2D eigenvalue weighted by Crippen LogP contribution is 2.18. The monoisotopic (exact) mass is 236 g/mol. The van der Waals surface area contributed by atoms with E-state index in [4.69, 9.17) is 4.74 Å². The minimum Gasteiger partial charge on any atom is -0.425 e. The number of carbonyl (C=O) groups is 1. The van der Waals surface area contributed by atoms with Crippen LogP contribution in [-0.2, 0) is 4.79 Å². The molecule has 0 bridgehead atoms. The van der Waals surface area contributed by atoms with Gasteiger partial charge in [0, 0.05) is 12.1 Å². The van der Waals surface area contributed by atoms with E-state index in [-0.39, 0.29) is 17.7 Å². The molecule has 0 saturated carbocycles. The number of nitrogens with zero attached hydrogens (tertiary/aromatic N) is 1. The summed E-state index contributed by atoms with van der Waals surface area (Å²) in [5.41, 5.74) is -0.0243. The first-order valence-electron chi connectivity index (χ1n) is 5.36. The largest absolute Gasteiger partial charge is 0.425 e. The topological polar surface area (TPSA) is 81.5 Å². The molecule has 1 heterocycles. The van der Waals surface area contributed by atoms with Gasteiger partial charge in [0.1, 0.15) is 11.8 Å². The number of non-ortho nitro benzene ring substituents is 1. The van der Waals surface area contributed by atoms with Crippen molar-refractivity contribution in [2.24, 2.45) is 0 Å². The molecule has 6 nitrogen and oxygen atoms in total. The SMILES string of the molecule is O=C(Oc1ccc([N+](=O)[O-])cc1)[C@@H]1CCCN1. The third-order valence-electron chi connectivity index (χ3n) is 2.61. The minimum absolute atomic E-state index is 0.0243. The Hall–Kier alpha value is -1.95. The molecule has 1 fully saturated rings. The Balaban J connectivity index is 1.98. The highest BCUT2D eigenvalue weighted by Gasteiger charge is 2.23. The summed E-state index contributed by atoms with van der Waals surface area (Å²) in [5.74, 6) is -0.00865. The highest BCUT2D eigenvalue weighted by molar-refractivity contribution is 5.78. The average molecular weight is 236 g/mol. The van der Waals surface area contributed by atoms with Gasteiger partial charge in [-0.3, -0.25) is 10.1 Å². The summed E-state index contributed by atoms with van der Waals surface area (Å²) in [6.07, 6.45) is 1.73. The van der Waals surface area contributed by atoms with Crippen LogP contribution in [0.2, 0.25) is 0 Å². The van der Waals surface area contributed by atoms with E-state index >= 15 is 0 Å². The van der Waals surface area contributed by atoms with Crippen LogP contribution in [0.3, 0.4) is 0 Å². The van der Waals surface area contributed by atoms with Gasteiger partial charge in [0.25, 0.3) is 5.69 Å². The van der Waals surface area contributed by atoms with E-state index in [1.807, 2.05) is 0 Å². The number of carbonyl (C=O) groups excluding carboxylic acids is 1. The third-order valence-corrected chi connectivity index (χ3v) is 2.61. The molecule has 1 aromatic rings. The van der Waals surface area contributed by atoms with E-state index in [1.165, 1.54) is 24.3 Å². The molecule has 2 rings (SSSR count). The predicted molar refractivity (Wildman–Crippen MR) is 59.8 cm³/mol. The molecule has 1 N–H and O–H groups in total. The Morgan fingerprint density at radius 3 is 2.65 bits per heavy atom. The van der Waals surface area contributed by atoms with Gasteiger partial charge in [-0.05, 0) is 31.5 Å². The van der Waals surface area contributed by atoms with Gasteiger partial charge >= 0.3 is 5.97 Å². The second-order valence-corrected chi connectivity index (χ2v) is 3.82. The molecular weight excluding hydrogens is 224 g/mol. The van der Waals surface area contributed by atoms with Crippen molar-refractivity contribution >= 4 is 11.7 Å². The molecule has 1 saturated heterocycles. The van der Waals surface area contributed by atoms with E-state index < -0.39 is 4.92 Å². The molecule has 0 radical (unpaired) electrons. The minimum atomic E-state index is -0.496. The van der Waals surface area contributed by atoms with Crippen molar-refractivity contribution in [3.63, 3.8) is 0 Å². The summed E-state index contributed by atoms with van der Waals surface area (Å²) in [6.45, 7) is 0.819. The summed E-state index contributed by atoms with van der Waals surface area (Å²) >= 11 is 0. The fourth-order valence-corrected chi connectivity index (χ4v) is 1.71. The molecule has 1 aliphatic heterocycles. The van der Waals surface area contributed by atoms with Crippen molar-refractivity contribution in [1.82, 2.24) is 5.32 Å². The first-order valence-corrected chi connectivity index (χ1v) is 5.36. The lowest BCUT2D eigenvalue weighted by Gasteiger charge is -2.09. The fraction of sp³-hybridized carbons (Fsp3) is 0.364. The first-order chi connectivity index (χ1) is 8.16. The van der Waals surface area contributed by atoms with Crippen LogP contribution >= 0.6 is 0 Å². The van der Waals surface area contributed by atoms with E-state index in [0.29, 0.717) is 5.75 Å². The summed E-state index contributed by atoms with van der Waals surface area (Å²) < 4.78 is 5.11. The standard InChI is InChI=1S/C11H12N2O4/c14-11(10-2-1-7-12-10)17-9-5-3-8(4-6-9)13(15)16/h3-6,10,12H,1-2,7H2/t10-/m0/s1. The fourth-order valence-electron chi connectivity index (χ4n) is 1.71. The second-order valence-electron chi connectivity index (χ2n) is 3.82. The van der Waals surface area contributed by atoms with Crippen LogP contribution < -0.4 is 10.1 Å². The zero-order chi connectivity index (χ0) is 12.3. The molecule has 0 aromatic heterocycles. The number of nitrogens with one attached hydrogen (secondary N) is 1. The lowest BCUT2D eigenvalue weighted by Crippen LogP contribution is -2.34. The zero-order valence-corrected chi connectivity index (χ0v) is 9.09. The van der Waals surface area contributed by atoms with Crippen LogP contribution in [0.4, 0.5) is 5.69 Å². The van der Waals surface area contributed by atoms with Crippen LogP contribution in [0, 0.1) is 10.1 Å². The molecule has 0 spiro atoms. The van der Waals surface area contributed by atoms with Gasteiger partial charge in [0.15, 0.2) is 0 Å². The lowest BCUT2D eigenvalue weighted by atomic mass is 10.2. The van der Waals surface area contributed by atoms with Gasteiger partial charge in [-0.1, -0.05) is 0 Å². The number of benzene rings is 1. The third kappa shape index (κ3) is 2.79. The second kappa shape index (κ2) is 4.92. The highest BCUT2D eigenvalue weighted by atomic mass is 16.6. The zero-order valence-electron chi connectivity index (χ0n) is 9.09. The van der Waals surface area contributed by atoms with E-state index in [2.05, 4.69) is 5.32 Å². The molecule has 0 unspecified atom stereocenters. The Bertz CT molecular complexity index is 424. The molecule has 90 valence electrons. The molecular formula is C11H12N2O4. The molecule has 6 heteroatoms. The van der Waals surface area contributed by atoms with Gasteiger partial charge < -0.3 is 10.1 Å². The number of ether oxygens (including phenoxy) is 1. The average Bonchev–Trinajstić information content (AvgIpc) is 2.83. The quantitative estimate of drug-likeness (QED) is 0.369. The number of esters is 1. The van der Waals surface area contributed by atoms with Crippen molar-refractivity contribution in [1.29, 1.82) is 0 Å². The Morgan fingerprint density at radius 1 is 1.41 bits per heavy atom. The normalized spacial score (nSPS) is 18.9. The maximum Gasteiger partial charge on any atom is 0.328 e. The molecule has 1 aromatic carbocycles. The van der Waals surface area contributed by atoms with Crippen molar-refractivity contribution < 1.29 is 14.5 Å². The molecule has 0 amide bonds. The van der Waals surface area contributed by atoms with Crippen molar-refractivity contribution in [2.45, 2.75) is 18.9 Å². The Morgan fingerprint density at radius 2 is 2.12 bits per heavy atom. The van der Waals surface area contributed by atoms with E-state index in [0.717, 1.165) is 19.4 Å². The summed E-state index contributed by atoms with van der Waals surface area (Å²) in [5, 5.41) is 13.5. The van der Waals surface area contributed by atoms with Crippen molar-refractivity contribution in [2.75, 3.05) is 6.54 Å². The maximum atomic E-state index is 11.6. The Kier molecular flexibility index (Phi) is 3.34. The number of nitro groups is 1. The molecule has 1 atom stereocenters. The van der Waals surface area contributed by atoms with Gasteiger partial charge in [-0.15, -0.1) is 0 Å². The first kappa shape index (κ1) is 11.5. The lowest BCUT2D eigenvalue weighted by molar-refractivity contribution is -0.384. The predicted octanol–water partition coefficient (Wildman–Crippen LogP) is 1.25. The maximum absolute atomic E-state index is 11.6. The smallest absolute Gasteiger partial charge is 0.328 e. The van der Waals surface area contributed by atoms with Gasteiger partial charge in [-0.2, -0.15) is 0 Å². The van der Waals surface area contributed by atoms with Crippen molar-refractivity contribution in [3.05, 3.63) is 34.4 Å². The van der Waals surface area contributed by atoms with Crippen LogP contribution in [0.15, 0.2) is 24.3 Å². The van der Waals surface area contributed by atoms with Crippen molar-refractivity contribution in [3.8, 4) is 5.75 Å². The summed E-state index contributed by atoms with van der Waals surface area (Å²) in [7, 11) is 0. The van der Waals surface area contributed by atoms with Crippen LogP contribution in [0.5, 0.6) is 5.75 Å². The Labute approximate surface area is 97.7 Å². The number of rotatable bonds is 3. The van der Waals surface area contributed by atoms with Crippen LogP contribution in [0.1, 0.15) is 12.8 Å². The molecule has 0 aliphatic carbocycles. The van der Waals surface area contributed by atoms with E-state index in [1.54, 1.807) is 0 Å². The van der Waals surface area contributed by atoms with Gasteiger partial charge in [0.05, 0.1) is 4.92 Å². The van der Waals surface area contributed by atoms with Gasteiger partial charge in [-0.25, -0.2) is 4.79 Å². The summed E-state index contributed by atoms with van der Waals surface area (Å²) in [6, 6.07) is 5.20. The summed E-state index contributed by atoms with van der Waals surface area (Å²) in [4.78, 5) is 21.6. The van der Waals surface area contributed by atoms with E-state index in [9.17, 15) is 14.9 Å². The molecule has 1 aliphatic rings. The molecule has 17 heavy (non-hydrogen) atoms. The number of hydrogen-bond donors (Lipinski definition) is 1. The van der Waals surface area contributed by atoms with Gasteiger partial charge in [0.2, 0.25) is 0 Å². The van der Waals surface area contributed by atoms with Crippen LogP contribution in [0.25, 0.3) is 0 Å². The van der Waals surface area contributed by atoms with Crippen LogP contribution in [-0.4, -0.2) is 23.5 Å².